The van der Waals surface area contributed by atoms with E-state index in [9.17, 15) is 8.42 Å². The average Bonchev–Trinajstić information content (AvgIpc) is 3.08. The Morgan fingerprint density at radius 3 is 2.60 bits per heavy atom. The number of thiophene rings is 1. The molecule has 0 unspecified atom stereocenters. The fourth-order valence-corrected chi connectivity index (χ4v) is 4.77. The maximum absolute atomic E-state index is 13.0. The third-order valence-electron chi connectivity index (χ3n) is 3.64. The molecule has 0 N–H and O–H groups in total. The van der Waals surface area contributed by atoms with Crippen molar-refractivity contribution in [1.29, 1.82) is 0 Å². The fraction of sp³-hybridized carbons (Fsp3) is 0.167. The first kappa shape index (κ1) is 18.1. The number of rotatable bonds is 7. The molecular weight excluding hydrogens is 376 g/mol. The Balaban J connectivity index is 1.86. The summed E-state index contributed by atoms with van der Waals surface area (Å²) in [4.78, 5) is 4.26. The van der Waals surface area contributed by atoms with Gasteiger partial charge in [-0.3, -0.25) is 4.98 Å². The van der Waals surface area contributed by atoms with E-state index in [1.165, 1.54) is 4.31 Å². The predicted octanol–water partition coefficient (Wildman–Crippen LogP) is 4.33. The van der Waals surface area contributed by atoms with Gasteiger partial charge in [-0.2, -0.15) is 15.6 Å². The second-order valence-electron chi connectivity index (χ2n) is 5.61. The lowest BCUT2D eigenvalue weighted by Crippen LogP contribution is -2.31. The molecule has 0 aliphatic rings. The molecule has 0 amide bonds. The van der Waals surface area contributed by atoms with Gasteiger partial charge in [0.25, 0.3) is 0 Å². The van der Waals surface area contributed by atoms with Crippen LogP contribution < -0.4 is 0 Å². The normalized spacial score (nSPS) is 11.8. The van der Waals surface area contributed by atoms with Crippen molar-refractivity contribution >= 4 is 33.0 Å². The summed E-state index contributed by atoms with van der Waals surface area (Å²) in [6.07, 6.45) is 1.67. The number of hydrogen-bond acceptors (Lipinski definition) is 4. The molecule has 0 aliphatic heterocycles. The summed E-state index contributed by atoms with van der Waals surface area (Å²) in [6, 6.07) is 14.4. The van der Waals surface area contributed by atoms with Gasteiger partial charge in [0.05, 0.1) is 18.0 Å². The van der Waals surface area contributed by atoms with E-state index in [0.29, 0.717) is 22.8 Å². The van der Waals surface area contributed by atoms with Gasteiger partial charge in [0.2, 0.25) is 10.0 Å². The Bertz CT molecular complexity index is 913. The van der Waals surface area contributed by atoms with E-state index in [0.717, 1.165) is 5.56 Å². The number of halogens is 1. The largest absolute Gasteiger partial charge is 0.260 e. The molecular formula is C18H17ClN2O2S2. The van der Waals surface area contributed by atoms with Crippen molar-refractivity contribution in [2.45, 2.75) is 18.8 Å². The van der Waals surface area contributed by atoms with E-state index in [4.69, 9.17) is 11.6 Å². The van der Waals surface area contributed by atoms with Gasteiger partial charge in [0.15, 0.2) is 0 Å². The van der Waals surface area contributed by atoms with Crippen LogP contribution in [0.25, 0.3) is 0 Å². The van der Waals surface area contributed by atoms with E-state index >= 15 is 0 Å². The lowest BCUT2D eigenvalue weighted by atomic mass is 10.2. The molecule has 7 heteroatoms. The summed E-state index contributed by atoms with van der Waals surface area (Å²) >= 11 is 7.53. The van der Waals surface area contributed by atoms with Crippen LogP contribution in [0.1, 0.15) is 16.8 Å². The molecule has 0 aliphatic carbocycles. The van der Waals surface area contributed by atoms with Gasteiger partial charge in [-0.1, -0.05) is 29.8 Å². The molecule has 0 radical (unpaired) electrons. The highest BCUT2D eigenvalue weighted by Gasteiger charge is 2.24. The van der Waals surface area contributed by atoms with E-state index in [1.54, 1.807) is 41.8 Å². The molecule has 2 heterocycles. The minimum absolute atomic E-state index is 0.0927. The minimum Gasteiger partial charge on any atom is -0.260 e. The van der Waals surface area contributed by atoms with Crippen LogP contribution in [0, 0.1) is 0 Å². The van der Waals surface area contributed by atoms with Gasteiger partial charge in [-0.05, 0) is 52.2 Å². The molecule has 3 aromatic rings. The van der Waals surface area contributed by atoms with Gasteiger partial charge in [-0.15, -0.1) is 0 Å². The highest BCUT2D eigenvalue weighted by molar-refractivity contribution is 7.88. The maximum Gasteiger partial charge on any atom is 0.218 e. The first-order valence-corrected chi connectivity index (χ1v) is 10.6. The first-order chi connectivity index (χ1) is 12.0. The zero-order valence-electron chi connectivity index (χ0n) is 13.4. The van der Waals surface area contributed by atoms with Gasteiger partial charge < -0.3 is 0 Å². The van der Waals surface area contributed by atoms with E-state index < -0.39 is 10.0 Å². The summed E-state index contributed by atoms with van der Waals surface area (Å²) in [7, 11) is -3.53. The highest BCUT2D eigenvalue weighted by atomic mass is 35.5. The van der Waals surface area contributed by atoms with Crippen LogP contribution in [0.5, 0.6) is 0 Å². The lowest BCUT2D eigenvalue weighted by molar-refractivity contribution is 0.396. The third kappa shape index (κ3) is 5.12. The standard InChI is InChI=1S/C18H17ClN2O2S2/c19-17-5-3-4-15(10-17)14-25(22,23)21(11-16-7-9-24-13-16)12-18-6-1-2-8-20-18/h1-10,13H,11-12,14H2. The van der Waals surface area contributed by atoms with Crippen LogP contribution in [0.2, 0.25) is 5.02 Å². The molecule has 130 valence electrons. The Morgan fingerprint density at radius 2 is 1.92 bits per heavy atom. The van der Waals surface area contributed by atoms with Crippen molar-refractivity contribution in [2.75, 3.05) is 0 Å². The van der Waals surface area contributed by atoms with Crippen LogP contribution in [-0.4, -0.2) is 17.7 Å². The maximum atomic E-state index is 13.0. The molecule has 1 aromatic carbocycles. The molecule has 2 aromatic heterocycles. The summed E-state index contributed by atoms with van der Waals surface area (Å²) in [5.41, 5.74) is 2.35. The quantitative estimate of drug-likeness (QED) is 0.601. The summed E-state index contributed by atoms with van der Waals surface area (Å²) in [5.74, 6) is -0.0927. The average molecular weight is 393 g/mol. The predicted molar refractivity (Wildman–Crippen MR) is 102 cm³/mol. The molecule has 0 atom stereocenters. The van der Waals surface area contributed by atoms with Crippen molar-refractivity contribution in [3.05, 3.63) is 87.3 Å². The highest BCUT2D eigenvalue weighted by Crippen LogP contribution is 2.20. The minimum atomic E-state index is -3.53. The number of aromatic nitrogens is 1. The van der Waals surface area contributed by atoms with Crippen LogP contribution in [-0.2, 0) is 28.9 Å². The molecule has 25 heavy (non-hydrogen) atoms. The van der Waals surface area contributed by atoms with E-state index in [2.05, 4.69) is 4.98 Å². The van der Waals surface area contributed by atoms with Crippen molar-refractivity contribution in [2.24, 2.45) is 0 Å². The second-order valence-corrected chi connectivity index (χ2v) is 8.79. The zero-order chi connectivity index (χ0) is 17.7. The SMILES string of the molecule is O=S(=O)(Cc1cccc(Cl)c1)N(Cc1ccsc1)Cc1ccccn1. The van der Waals surface area contributed by atoms with Crippen molar-refractivity contribution in [3.63, 3.8) is 0 Å². The second kappa shape index (κ2) is 8.10. The number of sulfonamides is 1. The number of hydrogen-bond donors (Lipinski definition) is 0. The Morgan fingerprint density at radius 1 is 1.04 bits per heavy atom. The van der Waals surface area contributed by atoms with Crippen LogP contribution in [0.15, 0.2) is 65.5 Å². The molecule has 0 bridgehead atoms. The monoisotopic (exact) mass is 392 g/mol. The summed E-state index contributed by atoms with van der Waals surface area (Å²) in [6.45, 7) is 0.558. The molecule has 0 saturated heterocycles. The van der Waals surface area contributed by atoms with Crippen LogP contribution in [0.3, 0.4) is 0 Å². The van der Waals surface area contributed by atoms with Gasteiger partial charge >= 0.3 is 0 Å². The molecule has 3 rings (SSSR count). The molecule has 0 fully saturated rings. The number of benzene rings is 1. The smallest absolute Gasteiger partial charge is 0.218 e. The Kier molecular flexibility index (Phi) is 5.86. The Hall–Kier alpha value is -1.73. The topological polar surface area (TPSA) is 50.3 Å². The molecule has 4 nitrogen and oxygen atoms in total. The van der Waals surface area contributed by atoms with Gasteiger partial charge in [-0.25, -0.2) is 8.42 Å². The molecule has 0 spiro atoms. The van der Waals surface area contributed by atoms with Crippen molar-refractivity contribution in [3.8, 4) is 0 Å². The molecule has 0 saturated carbocycles. The summed E-state index contributed by atoms with van der Waals surface area (Å²) < 4.78 is 27.5. The van der Waals surface area contributed by atoms with Crippen LogP contribution >= 0.6 is 22.9 Å². The third-order valence-corrected chi connectivity index (χ3v) is 6.35. The van der Waals surface area contributed by atoms with E-state index in [-0.39, 0.29) is 12.3 Å². The summed E-state index contributed by atoms with van der Waals surface area (Å²) in [5, 5.41) is 4.43. The van der Waals surface area contributed by atoms with Crippen molar-refractivity contribution < 1.29 is 8.42 Å². The van der Waals surface area contributed by atoms with Crippen LogP contribution in [0.4, 0.5) is 0 Å². The van der Waals surface area contributed by atoms with Gasteiger partial charge in [0.1, 0.15) is 0 Å². The number of nitrogens with zero attached hydrogens (tertiary/aromatic N) is 2. The van der Waals surface area contributed by atoms with Crippen molar-refractivity contribution in [1.82, 2.24) is 9.29 Å². The lowest BCUT2D eigenvalue weighted by Gasteiger charge is -2.21. The van der Waals surface area contributed by atoms with Gasteiger partial charge in [0, 0.05) is 17.8 Å². The van der Waals surface area contributed by atoms with E-state index in [1.807, 2.05) is 35.0 Å². The zero-order valence-corrected chi connectivity index (χ0v) is 15.8. The first-order valence-electron chi connectivity index (χ1n) is 7.66. The fourth-order valence-electron chi connectivity index (χ4n) is 2.44. The number of pyridine rings is 1. The Labute approximate surface area is 156 Å².